The van der Waals surface area contributed by atoms with Crippen molar-refractivity contribution in [3.63, 3.8) is 0 Å². The number of amides is 1. The van der Waals surface area contributed by atoms with E-state index in [1.165, 1.54) is 39.9 Å². The monoisotopic (exact) mass is 475 g/mol. The maximum Gasteiger partial charge on any atom is 0.286 e. The molecule has 1 amide bonds. The van der Waals surface area contributed by atoms with Crippen LogP contribution in [0.15, 0.2) is 53.4 Å². The SMILES string of the molecule is Cc1ccc(S(=O)(=O)N2CCN(Cc3nnc(C(=O)Nc4ccc(F)cc4)s3)CC2)cc1. The molecule has 8 nitrogen and oxygen atoms in total. The highest BCUT2D eigenvalue weighted by atomic mass is 32.2. The average molecular weight is 476 g/mol. The number of rotatable bonds is 6. The van der Waals surface area contributed by atoms with Crippen molar-refractivity contribution >= 4 is 33.0 Å². The van der Waals surface area contributed by atoms with E-state index in [0.29, 0.717) is 48.3 Å². The highest BCUT2D eigenvalue weighted by Gasteiger charge is 2.29. The Morgan fingerprint density at radius 3 is 2.34 bits per heavy atom. The van der Waals surface area contributed by atoms with Crippen LogP contribution in [0.2, 0.25) is 0 Å². The predicted octanol–water partition coefficient (Wildman–Crippen LogP) is 2.74. The second-order valence-corrected chi connectivity index (χ2v) is 10.5. The van der Waals surface area contributed by atoms with Gasteiger partial charge in [-0.1, -0.05) is 29.0 Å². The summed E-state index contributed by atoms with van der Waals surface area (Å²) in [5, 5.41) is 11.6. The van der Waals surface area contributed by atoms with Gasteiger partial charge < -0.3 is 5.32 Å². The van der Waals surface area contributed by atoms with Crippen molar-refractivity contribution in [3.05, 3.63) is 69.9 Å². The summed E-state index contributed by atoms with van der Waals surface area (Å²) in [6.07, 6.45) is 0. The smallest absolute Gasteiger partial charge is 0.286 e. The predicted molar refractivity (Wildman–Crippen MR) is 119 cm³/mol. The van der Waals surface area contributed by atoms with E-state index in [4.69, 9.17) is 0 Å². The number of hydrogen-bond donors (Lipinski definition) is 1. The number of piperazine rings is 1. The zero-order chi connectivity index (χ0) is 22.7. The van der Waals surface area contributed by atoms with Crippen molar-refractivity contribution in [1.82, 2.24) is 19.4 Å². The van der Waals surface area contributed by atoms with Crippen molar-refractivity contribution in [1.29, 1.82) is 0 Å². The summed E-state index contributed by atoms with van der Waals surface area (Å²) in [5.74, 6) is -0.790. The lowest BCUT2D eigenvalue weighted by Gasteiger charge is -2.33. The number of anilines is 1. The van der Waals surface area contributed by atoms with Crippen LogP contribution in [0.25, 0.3) is 0 Å². The van der Waals surface area contributed by atoms with Gasteiger partial charge >= 0.3 is 0 Å². The third-order valence-electron chi connectivity index (χ3n) is 5.11. The molecule has 0 aliphatic carbocycles. The standard InChI is InChI=1S/C21H22FN5O3S2/c1-15-2-8-18(9-3-15)32(29,30)27-12-10-26(11-13-27)14-19-24-25-21(31-19)20(28)23-17-6-4-16(22)5-7-17/h2-9H,10-14H2,1H3,(H,23,28). The second-order valence-electron chi connectivity index (χ2n) is 7.46. The Morgan fingerprint density at radius 1 is 1.03 bits per heavy atom. The van der Waals surface area contributed by atoms with Crippen LogP contribution in [0.4, 0.5) is 10.1 Å². The van der Waals surface area contributed by atoms with Gasteiger partial charge in [-0.25, -0.2) is 12.8 Å². The fourth-order valence-electron chi connectivity index (χ4n) is 3.31. The van der Waals surface area contributed by atoms with Gasteiger partial charge in [0, 0.05) is 31.9 Å². The van der Waals surface area contributed by atoms with Crippen LogP contribution in [0.1, 0.15) is 20.4 Å². The van der Waals surface area contributed by atoms with Crippen LogP contribution >= 0.6 is 11.3 Å². The molecular formula is C21H22FN5O3S2. The summed E-state index contributed by atoms with van der Waals surface area (Å²) in [5.41, 5.74) is 1.48. The first-order chi connectivity index (χ1) is 15.3. The Labute approximate surface area is 189 Å². The maximum atomic E-state index is 13.0. The number of aromatic nitrogens is 2. The third kappa shape index (κ3) is 5.18. The fraction of sp³-hybridized carbons (Fsp3) is 0.286. The number of nitrogens with zero attached hydrogens (tertiary/aromatic N) is 4. The number of sulfonamides is 1. The first-order valence-corrected chi connectivity index (χ1v) is 12.3. The minimum absolute atomic E-state index is 0.213. The molecule has 0 bridgehead atoms. The van der Waals surface area contributed by atoms with Crippen LogP contribution in [0.5, 0.6) is 0 Å². The molecule has 168 valence electrons. The molecule has 1 aromatic heterocycles. The largest absolute Gasteiger partial charge is 0.320 e. The summed E-state index contributed by atoms with van der Waals surface area (Å²) in [6.45, 7) is 4.28. The Morgan fingerprint density at radius 2 is 1.69 bits per heavy atom. The van der Waals surface area contributed by atoms with Gasteiger partial charge in [-0.2, -0.15) is 4.31 Å². The van der Waals surface area contributed by atoms with Crippen LogP contribution in [-0.2, 0) is 16.6 Å². The van der Waals surface area contributed by atoms with E-state index >= 15 is 0 Å². The molecule has 0 atom stereocenters. The summed E-state index contributed by atoms with van der Waals surface area (Å²) in [7, 11) is -3.51. The molecule has 4 rings (SSSR count). The van der Waals surface area contributed by atoms with Gasteiger partial charge in [0.25, 0.3) is 5.91 Å². The molecule has 1 aliphatic heterocycles. The van der Waals surface area contributed by atoms with Crippen molar-refractivity contribution in [2.45, 2.75) is 18.4 Å². The summed E-state index contributed by atoms with van der Waals surface area (Å²) in [6, 6.07) is 12.3. The first-order valence-electron chi connectivity index (χ1n) is 10.00. The summed E-state index contributed by atoms with van der Waals surface area (Å²) < 4.78 is 40.1. The number of aryl methyl sites for hydroxylation is 1. The molecule has 1 saturated heterocycles. The van der Waals surface area contributed by atoms with E-state index in [1.807, 2.05) is 6.92 Å². The molecule has 0 spiro atoms. The quantitative estimate of drug-likeness (QED) is 0.589. The fourth-order valence-corrected chi connectivity index (χ4v) is 5.51. The molecule has 1 fully saturated rings. The molecule has 0 radical (unpaired) electrons. The third-order valence-corrected chi connectivity index (χ3v) is 7.93. The van der Waals surface area contributed by atoms with Gasteiger partial charge in [-0.15, -0.1) is 10.2 Å². The highest BCUT2D eigenvalue weighted by Crippen LogP contribution is 2.20. The minimum Gasteiger partial charge on any atom is -0.320 e. The number of nitrogens with one attached hydrogen (secondary N) is 1. The normalized spacial score (nSPS) is 15.6. The van der Waals surface area contributed by atoms with Gasteiger partial charge in [-0.05, 0) is 43.3 Å². The van der Waals surface area contributed by atoms with Crippen molar-refractivity contribution < 1.29 is 17.6 Å². The minimum atomic E-state index is -3.51. The lowest BCUT2D eigenvalue weighted by Crippen LogP contribution is -2.48. The Hall–Kier alpha value is -2.73. The van der Waals surface area contributed by atoms with E-state index < -0.39 is 15.9 Å². The Kier molecular flexibility index (Phi) is 6.60. The number of halogens is 1. The lowest BCUT2D eigenvalue weighted by molar-refractivity contribution is 0.102. The zero-order valence-electron chi connectivity index (χ0n) is 17.4. The van der Waals surface area contributed by atoms with E-state index in [9.17, 15) is 17.6 Å². The van der Waals surface area contributed by atoms with Crippen LogP contribution < -0.4 is 5.32 Å². The molecule has 2 aromatic carbocycles. The number of benzene rings is 2. The van der Waals surface area contributed by atoms with E-state index in [-0.39, 0.29) is 10.8 Å². The van der Waals surface area contributed by atoms with Gasteiger partial charge in [0.15, 0.2) is 0 Å². The average Bonchev–Trinajstić information content (AvgIpc) is 3.25. The topological polar surface area (TPSA) is 95.5 Å². The molecule has 2 heterocycles. The molecule has 0 saturated carbocycles. The van der Waals surface area contributed by atoms with Gasteiger partial charge in [0.2, 0.25) is 15.0 Å². The molecule has 11 heteroatoms. The Balaban J connectivity index is 1.32. The van der Waals surface area contributed by atoms with Crippen molar-refractivity contribution in [3.8, 4) is 0 Å². The Bertz CT molecular complexity index is 1190. The van der Waals surface area contributed by atoms with Crippen LogP contribution in [0, 0.1) is 12.7 Å². The van der Waals surface area contributed by atoms with E-state index in [2.05, 4.69) is 20.4 Å². The molecule has 3 aromatic rings. The molecule has 1 N–H and O–H groups in total. The van der Waals surface area contributed by atoms with Crippen LogP contribution in [0.3, 0.4) is 0 Å². The highest BCUT2D eigenvalue weighted by molar-refractivity contribution is 7.89. The van der Waals surface area contributed by atoms with E-state index in [1.54, 1.807) is 24.3 Å². The van der Waals surface area contributed by atoms with Gasteiger partial charge in [0.1, 0.15) is 10.8 Å². The first kappa shape index (κ1) is 22.5. The molecule has 1 aliphatic rings. The number of carbonyl (C=O) groups excluding carboxylic acids is 1. The van der Waals surface area contributed by atoms with E-state index in [0.717, 1.165) is 5.56 Å². The summed E-state index contributed by atoms with van der Waals surface area (Å²) >= 11 is 1.18. The van der Waals surface area contributed by atoms with Crippen molar-refractivity contribution in [2.24, 2.45) is 0 Å². The number of hydrogen-bond acceptors (Lipinski definition) is 7. The zero-order valence-corrected chi connectivity index (χ0v) is 19.0. The summed E-state index contributed by atoms with van der Waals surface area (Å²) in [4.78, 5) is 14.7. The van der Waals surface area contributed by atoms with Crippen LogP contribution in [-0.4, -0.2) is 59.9 Å². The lowest BCUT2D eigenvalue weighted by atomic mass is 10.2. The second kappa shape index (κ2) is 9.41. The van der Waals surface area contributed by atoms with Gasteiger partial charge in [0.05, 0.1) is 11.4 Å². The van der Waals surface area contributed by atoms with Gasteiger partial charge in [-0.3, -0.25) is 9.69 Å². The maximum absolute atomic E-state index is 13.0. The van der Waals surface area contributed by atoms with Crippen molar-refractivity contribution in [2.75, 3.05) is 31.5 Å². The molecule has 0 unspecified atom stereocenters. The molecule has 32 heavy (non-hydrogen) atoms. The molecular weight excluding hydrogens is 453 g/mol. The number of carbonyl (C=O) groups is 1.